The van der Waals surface area contributed by atoms with Gasteiger partial charge in [0.2, 0.25) is 0 Å². The van der Waals surface area contributed by atoms with Crippen LogP contribution < -0.4 is 0 Å². The smallest absolute Gasteiger partial charge is 0.200 e. The molecule has 33 heavy (non-hydrogen) atoms. The third-order valence-electron chi connectivity index (χ3n) is 8.29. The van der Waals surface area contributed by atoms with Crippen LogP contribution in [0.1, 0.15) is 80.2 Å². The molecule has 1 heterocycles. The molecule has 2 aliphatic carbocycles. The zero-order valence-corrected chi connectivity index (χ0v) is 21.5. The molecule has 0 aromatic heterocycles. The van der Waals surface area contributed by atoms with Crippen LogP contribution in [-0.2, 0) is 4.74 Å². The molecule has 5 nitrogen and oxygen atoms in total. The van der Waals surface area contributed by atoms with Gasteiger partial charge in [0.25, 0.3) is 0 Å². The minimum Gasteiger partial charge on any atom is -0.508 e. The molecule has 0 bridgehead atoms. The van der Waals surface area contributed by atoms with Gasteiger partial charge in [-0.2, -0.15) is 0 Å². The number of benzene rings is 1. The van der Waals surface area contributed by atoms with E-state index in [4.69, 9.17) is 27.9 Å². The molecule has 1 fully saturated rings. The van der Waals surface area contributed by atoms with E-state index in [1.54, 1.807) is 19.9 Å². The Morgan fingerprint density at radius 2 is 1.76 bits per heavy atom. The average Bonchev–Trinajstić information content (AvgIpc) is 2.72. The van der Waals surface area contributed by atoms with Crippen LogP contribution >= 0.6 is 23.2 Å². The fourth-order valence-corrected chi connectivity index (χ4v) is 6.41. The molecule has 0 radical (unpaired) electrons. The first-order valence-corrected chi connectivity index (χ1v) is 12.4. The first-order chi connectivity index (χ1) is 15.1. The van der Waals surface area contributed by atoms with Crippen molar-refractivity contribution in [1.82, 2.24) is 0 Å². The number of carbonyl (C=O) groups excluding carboxylic acids is 2. The Morgan fingerprint density at radius 1 is 1.12 bits per heavy atom. The average molecular weight is 495 g/mol. The lowest BCUT2D eigenvalue weighted by atomic mass is 9.57. The molecule has 0 saturated heterocycles. The van der Waals surface area contributed by atoms with Gasteiger partial charge in [0.15, 0.2) is 17.2 Å². The van der Waals surface area contributed by atoms with Crippen LogP contribution in [0, 0.1) is 24.2 Å². The lowest BCUT2D eigenvalue weighted by Gasteiger charge is -2.53. The van der Waals surface area contributed by atoms with Crippen molar-refractivity contribution in [3.8, 4) is 11.5 Å². The molecule has 1 saturated carbocycles. The van der Waals surface area contributed by atoms with E-state index in [0.29, 0.717) is 0 Å². The van der Waals surface area contributed by atoms with E-state index >= 15 is 0 Å². The first kappa shape index (κ1) is 24.6. The molecule has 5 atom stereocenters. The number of carbonyl (C=O) groups is 2. The Balaban J connectivity index is 1.96. The van der Waals surface area contributed by atoms with Crippen LogP contribution in [0.4, 0.5) is 0 Å². The molecular formula is C26H32Cl2O5. The van der Waals surface area contributed by atoms with Gasteiger partial charge in [0.1, 0.15) is 11.5 Å². The fraction of sp³-hybridized carbons (Fsp3) is 0.615. The lowest BCUT2D eigenvalue weighted by Crippen LogP contribution is -2.61. The zero-order valence-electron chi connectivity index (χ0n) is 20.0. The molecule has 1 unspecified atom stereocenters. The maximum Gasteiger partial charge on any atom is 0.200 e. The SMILES string of the molecule is Cc1c(O)cc2c(c1O)C(=O)C1=C[C@@H](Cl)C(C)(C)O[C@@]1(C[C@@H]1[C@@H](C)CCC(Cl)C1(C)C)C2=O. The van der Waals surface area contributed by atoms with E-state index in [-0.39, 0.29) is 62.8 Å². The fourth-order valence-electron chi connectivity index (χ4n) is 5.95. The number of alkyl halides is 2. The Labute approximate surface area is 205 Å². The molecule has 2 N–H and O–H groups in total. The van der Waals surface area contributed by atoms with Crippen molar-refractivity contribution in [2.24, 2.45) is 17.3 Å². The van der Waals surface area contributed by atoms with Gasteiger partial charge in [-0.25, -0.2) is 0 Å². The van der Waals surface area contributed by atoms with E-state index < -0.39 is 28.1 Å². The van der Waals surface area contributed by atoms with Crippen LogP contribution in [0.2, 0.25) is 0 Å². The molecule has 7 heteroatoms. The first-order valence-electron chi connectivity index (χ1n) is 11.5. The summed E-state index contributed by atoms with van der Waals surface area (Å²) in [5, 5.41) is 20.3. The van der Waals surface area contributed by atoms with Gasteiger partial charge in [-0.3, -0.25) is 9.59 Å². The molecule has 0 spiro atoms. The minimum atomic E-state index is -1.57. The zero-order chi connectivity index (χ0) is 24.7. The molecule has 1 aromatic rings. The van der Waals surface area contributed by atoms with Crippen molar-refractivity contribution in [3.63, 3.8) is 0 Å². The van der Waals surface area contributed by atoms with Gasteiger partial charge in [0, 0.05) is 22.1 Å². The Kier molecular flexibility index (Phi) is 5.75. The van der Waals surface area contributed by atoms with Crippen LogP contribution in [0.15, 0.2) is 17.7 Å². The quantitative estimate of drug-likeness (QED) is 0.497. The molecule has 1 aliphatic heterocycles. The third-order valence-corrected chi connectivity index (χ3v) is 9.72. The highest BCUT2D eigenvalue weighted by Gasteiger charge is 2.60. The molecular weight excluding hydrogens is 463 g/mol. The van der Waals surface area contributed by atoms with Crippen LogP contribution in [0.3, 0.4) is 0 Å². The summed E-state index contributed by atoms with van der Waals surface area (Å²) >= 11 is 13.3. The summed E-state index contributed by atoms with van der Waals surface area (Å²) in [5.74, 6) is -1.31. The summed E-state index contributed by atoms with van der Waals surface area (Å²) in [5.41, 5.74) is -2.60. The topological polar surface area (TPSA) is 83.8 Å². The number of halogens is 2. The third kappa shape index (κ3) is 3.45. The second-order valence-electron chi connectivity index (χ2n) is 11.1. The monoisotopic (exact) mass is 494 g/mol. The lowest BCUT2D eigenvalue weighted by molar-refractivity contribution is -0.124. The number of phenolic OH excluding ortho intramolecular Hbond substituents is 2. The number of hydrogen-bond acceptors (Lipinski definition) is 5. The molecule has 1 aromatic carbocycles. The van der Waals surface area contributed by atoms with E-state index in [1.807, 2.05) is 0 Å². The second kappa shape index (κ2) is 7.73. The predicted molar refractivity (Wildman–Crippen MR) is 129 cm³/mol. The molecule has 0 amide bonds. The second-order valence-corrected chi connectivity index (χ2v) is 12.1. The largest absolute Gasteiger partial charge is 0.508 e. The number of aromatic hydroxyl groups is 2. The maximum absolute atomic E-state index is 14.2. The van der Waals surface area contributed by atoms with Gasteiger partial charge < -0.3 is 14.9 Å². The van der Waals surface area contributed by atoms with E-state index in [1.165, 1.54) is 13.0 Å². The number of fused-ring (bicyclic) bond motifs is 2. The highest BCUT2D eigenvalue weighted by molar-refractivity contribution is 6.30. The highest BCUT2D eigenvalue weighted by atomic mass is 35.5. The van der Waals surface area contributed by atoms with Crippen molar-refractivity contribution in [3.05, 3.63) is 34.4 Å². The number of hydrogen-bond donors (Lipinski definition) is 2. The van der Waals surface area contributed by atoms with Crippen molar-refractivity contribution in [2.45, 2.75) is 82.8 Å². The van der Waals surface area contributed by atoms with E-state index in [0.717, 1.165) is 12.8 Å². The van der Waals surface area contributed by atoms with E-state index in [2.05, 4.69) is 20.8 Å². The minimum absolute atomic E-state index is 0.00855. The van der Waals surface area contributed by atoms with Gasteiger partial charge >= 0.3 is 0 Å². The summed E-state index contributed by atoms with van der Waals surface area (Å²) in [4.78, 5) is 27.9. The van der Waals surface area contributed by atoms with Gasteiger partial charge in [-0.15, -0.1) is 23.2 Å². The molecule has 3 aliphatic rings. The van der Waals surface area contributed by atoms with E-state index in [9.17, 15) is 19.8 Å². The number of ether oxygens (including phenoxy) is 1. The number of rotatable bonds is 2. The van der Waals surface area contributed by atoms with Gasteiger partial charge in [0.05, 0.1) is 16.5 Å². The normalized spacial score (nSPS) is 35.0. The number of Topliss-reactive ketones (excluding diaryl/α,β-unsaturated/α-hetero) is 2. The van der Waals surface area contributed by atoms with Gasteiger partial charge in [-0.05, 0) is 63.4 Å². The van der Waals surface area contributed by atoms with Crippen molar-refractivity contribution < 1.29 is 24.5 Å². The number of phenols is 2. The van der Waals surface area contributed by atoms with Crippen molar-refractivity contribution in [2.75, 3.05) is 0 Å². The Morgan fingerprint density at radius 3 is 2.39 bits per heavy atom. The summed E-state index contributed by atoms with van der Waals surface area (Å²) in [7, 11) is 0. The summed E-state index contributed by atoms with van der Waals surface area (Å²) < 4.78 is 6.53. The number of ketones is 2. The van der Waals surface area contributed by atoms with Crippen LogP contribution in [0.5, 0.6) is 11.5 Å². The summed E-state index contributed by atoms with van der Waals surface area (Å²) in [6.45, 7) is 11.5. The highest BCUT2D eigenvalue weighted by Crippen LogP contribution is 2.56. The Hall–Kier alpha value is -1.56. The molecule has 4 rings (SSSR count). The van der Waals surface area contributed by atoms with Crippen LogP contribution in [-0.4, -0.2) is 43.7 Å². The summed E-state index contributed by atoms with van der Waals surface area (Å²) in [6.07, 6.45) is 3.68. The standard InChI is InChI=1S/C26H32Cl2O5/c1-12-7-8-18(27)24(3,4)16(12)11-26-15(10-19(28)25(5,6)33-26)22(31)20-14(23(26)32)9-17(29)13(2)21(20)30/h9-10,12,16,18-19,29-30H,7-8,11H2,1-6H3/t12-,16+,18?,19+,26+/m0/s1. The van der Waals surface area contributed by atoms with Crippen molar-refractivity contribution >= 4 is 34.8 Å². The molecule has 180 valence electrons. The maximum atomic E-state index is 14.2. The van der Waals surface area contributed by atoms with Crippen molar-refractivity contribution in [1.29, 1.82) is 0 Å². The van der Waals surface area contributed by atoms with Gasteiger partial charge in [-0.1, -0.05) is 26.8 Å². The Bertz CT molecular complexity index is 1070. The van der Waals surface area contributed by atoms with Crippen LogP contribution in [0.25, 0.3) is 0 Å². The predicted octanol–water partition coefficient (Wildman–Crippen LogP) is 5.94. The summed E-state index contributed by atoms with van der Waals surface area (Å²) in [6, 6.07) is 1.27.